The van der Waals surface area contributed by atoms with Crippen molar-refractivity contribution in [3.63, 3.8) is 0 Å². The van der Waals surface area contributed by atoms with E-state index in [2.05, 4.69) is 18.6 Å². The van der Waals surface area contributed by atoms with Gasteiger partial charge in [-0.3, -0.25) is 0 Å². The predicted octanol–water partition coefficient (Wildman–Crippen LogP) is 9.39. The fourth-order valence-electron chi connectivity index (χ4n) is 4.42. The summed E-state index contributed by atoms with van der Waals surface area (Å²) in [5, 5.41) is 16.2. The van der Waals surface area contributed by atoms with Crippen LogP contribution in [0, 0.1) is 0 Å². The summed E-state index contributed by atoms with van der Waals surface area (Å²) in [6.45, 7) is 7.28. The summed E-state index contributed by atoms with van der Waals surface area (Å²) in [5.41, 5.74) is 0. The number of aliphatic hydroxyl groups excluding tert-OH is 2. The van der Waals surface area contributed by atoms with Crippen molar-refractivity contribution in [2.75, 3.05) is 39.6 Å². The van der Waals surface area contributed by atoms with Gasteiger partial charge in [-0.25, -0.2) is 0 Å². The molecular weight excluding hydrogens is 448 g/mol. The molecule has 0 heterocycles. The van der Waals surface area contributed by atoms with Crippen LogP contribution in [-0.2, 0) is 9.47 Å². The topological polar surface area (TPSA) is 58.9 Å². The van der Waals surface area contributed by atoms with Crippen LogP contribution in [0.25, 0.3) is 0 Å². The van der Waals surface area contributed by atoms with E-state index in [1.807, 2.05) is 0 Å². The molecule has 0 amide bonds. The van der Waals surface area contributed by atoms with E-state index in [-0.39, 0.29) is 13.2 Å². The van der Waals surface area contributed by atoms with Gasteiger partial charge in [0.25, 0.3) is 0 Å². The number of ether oxygens (including phenoxy) is 2. The molecule has 0 spiro atoms. The Balaban J connectivity index is 0. The predicted molar refractivity (Wildman–Crippen MR) is 158 cm³/mol. The van der Waals surface area contributed by atoms with Crippen LogP contribution in [0.5, 0.6) is 0 Å². The summed E-state index contributed by atoms with van der Waals surface area (Å²) in [4.78, 5) is 0. The molecular formula is C32H68O4. The van der Waals surface area contributed by atoms with Gasteiger partial charge in [0, 0.05) is 13.2 Å². The maximum absolute atomic E-state index is 8.09. The molecule has 0 fully saturated rings. The monoisotopic (exact) mass is 517 g/mol. The fraction of sp³-hybridized carbons (Fsp3) is 1.00. The molecule has 0 aliphatic heterocycles. The highest BCUT2D eigenvalue weighted by Crippen LogP contribution is 2.13. The Bertz CT molecular complexity index is 308. The lowest BCUT2D eigenvalue weighted by molar-refractivity contribution is 0.0650. The second-order valence-corrected chi connectivity index (χ2v) is 10.5. The molecule has 0 aromatic carbocycles. The van der Waals surface area contributed by atoms with E-state index < -0.39 is 0 Å². The van der Waals surface area contributed by atoms with Crippen LogP contribution in [0.4, 0.5) is 0 Å². The van der Waals surface area contributed by atoms with Gasteiger partial charge in [0.05, 0.1) is 26.4 Å². The molecule has 0 aromatic heterocycles. The van der Waals surface area contributed by atoms with E-state index in [0.29, 0.717) is 13.2 Å². The highest BCUT2D eigenvalue weighted by molar-refractivity contribution is 4.50. The number of aliphatic hydroxyl groups is 2. The molecule has 0 aliphatic carbocycles. The Labute approximate surface area is 227 Å². The second kappa shape index (κ2) is 39.4. The van der Waals surface area contributed by atoms with Crippen LogP contribution in [0.2, 0.25) is 0 Å². The average molecular weight is 517 g/mol. The first kappa shape index (κ1) is 38.0. The first-order valence-corrected chi connectivity index (χ1v) is 16.2. The zero-order valence-corrected chi connectivity index (χ0v) is 24.9. The van der Waals surface area contributed by atoms with Crippen LogP contribution in [0.15, 0.2) is 0 Å². The molecule has 0 rings (SSSR count). The summed E-state index contributed by atoms with van der Waals surface area (Å²) in [6, 6.07) is 0. The highest BCUT2D eigenvalue weighted by Gasteiger charge is 1.96. The molecule has 0 bridgehead atoms. The Morgan fingerprint density at radius 1 is 0.306 bits per heavy atom. The third-order valence-electron chi connectivity index (χ3n) is 6.76. The molecule has 0 unspecified atom stereocenters. The van der Waals surface area contributed by atoms with Crippen molar-refractivity contribution >= 4 is 0 Å². The minimum atomic E-state index is 0.0278. The molecule has 0 aromatic rings. The van der Waals surface area contributed by atoms with Crippen LogP contribution in [0.1, 0.15) is 168 Å². The molecule has 0 radical (unpaired) electrons. The molecule has 220 valence electrons. The highest BCUT2D eigenvalue weighted by atomic mass is 16.5. The van der Waals surface area contributed by atoms with Crippen molar-refractivity contribution < 1.29 is 19.7 Å². The van der Waals surface area contributed by atoms with Crippen molar-refractivity contribution in [2.45, 2.75) is 168 Å². The van der Waals surface area contributed by atoms with E-state index in [9.17, 15) is 0 Å². The molecule has 4 nitrogen and oxygen atoms in total. The van der Waals surface area contributed by atoms with Crippen LogP contribution < -0.4 is 0 Å². The van der Waals surface area contributed by atoms with Crippen LogP contribution in [0.3, 0.4) is 0 Å². The van der Waals surface area contributed by atoms with E-state index >= 15 is 0 Å². The molecule has 0 saturated carbocycles. The van der Waals surface area contributed by atoms with Gasteiger partial charge in [0.1, 0.15) is 0 Å². The molecule has 4 heteroatoms. The van der Waals surface area contributed by atoms with Gasteiger partial charge in [-0.15, -0.1) is 0 Å². The quantitative estimate of drug-likeness (QED) is 0.0933. The van der Waals surface area contributed by atoms with Crippen molar-refractivity contribution in [3.05, 3.63) is 0 Å². The standard InChI is InChI=1S/C28H58O.C4H10O3/c1-3-5-7-9-11-13-15-17-19-21-23-25-27-29-28-26-24-22-20-18-16-14-12-10-8-6-4-2;5-1-3-7-4-2-6/h3-28H2,1-2H3;5-6H,1-4H2. The third-order valence-corrected chi connectivity index (χ3v) is 6.76. The van der Waals surface area contributed by atoms with E-state index in [0.717, 1.165) is 13.2 Å². The maximum atomic E-state index is 8.09. The molecule has 36 heavy (non-hydrogen) atoms. The smallest absolute Gasteiger partial charge is 0.0698 e. The molecule has 0 aliphatic rings. The van der Waals surface area contributed by atoms with Crippen molar-refractivity contribution in [3.8, 4) is 0 Å². The Kier molecular flexibility index (Phi) is 41.5. The first-order valence-electron chi connectivity index (χ1n) is 16.2. The van der Waals surface area contributed by atoms with Gasteiger partial charge >= 0.3 is 0 Å². The third kappa shape index (κ3) is 41.0. The normalized spacial score (nSPS) is 11.0. The Morgan fingerprint density at radius 2 is 0.528 bits per heavy atom. The molecule has 0 atom stereocenters. The summed E-state index contributed by atoms with van der Waals surface area (Å²) in [5.74, 6) is 0. The fourth-order valence-corrected chi connectivity index (χ4v) is 4.42. The van der Waals surface area contributed by atoms with Gasteiger partial charge in [-0.2, -0.15) is 0 Å². The largest absolute Gasteiger partial charge is 0.394 e. The Morgan fingerprint density at radius 3 is 0.778 bits per heavy atom. The second-order valence-electron chi connectivity index (χ2n) is 10.5. The van der Waals surface area contributed by atoms with Crippen LogP contribution in [-0.4, -0.2) is 49.9 Å². The summed E-state index contributed by atoms with van der Waals surface area (Å²) in [6.07, 6.45) is 34.1. The minimum absolute atomic E-state index is 0.0278. The summed E-state index contributed by atoms with van der Waals surface area (Å²) < 4.78 is 10.4. The number of hydrogen-bond donors (Lipinski definition) is 2. The van der Waals surface area contributed by atoms with E-state index in [1.165, 1.54) is 154 Å². The van der Waals surface area contributed by atoms with Crippen molar-refractivity contribution in [2.24, 2.45) is 0 Å². The van der Waals surface area contributed by atoms with E-state index in [4.69, 9.17) is 14.9 Å². The zero-order valence-electron chi connectivity index (χ0n) is 24.9. The minimum Gasteiger partial charge on any atom is -0.394 e. The van der Waals surface area contributed by atoms with Gasteiger partial charge in [0.2, 0.25) is 0 Å². The van der Waals surface area contributed by atoms with Crippen molar-refractivity contribution in [1.82, 2.24) is 0 Å². The summed E-state index contributed by atoms with van der Waals surface area (Å²) >= 11 is 0. The number of rotatable bonds is 30. The van der Waals surface area contributed by atoms with Crippen molar-refractivity contribution in [1.29, 1.82) is 0 Å². The number of hydrogen-bond acceptors (Lipinski definition) is 4. The lowest BCUT2D eigenvalue weighted by Gasteiger charge is -2.05. The lowest BCUT2D eigenvalue weighted by Crippen LogP contribution is -2.03. The SMILES string of the molecule is CCCCCCCCCCCCCCOCCCCCCCCCCCCCC.OCCOCCO. The van der Waals surface area contributed by atoms with Gasteiger partial charge in [0.15, 0.2) is 0 Å². The average Bonchev–Trinajstić information content (AvgIpc) is 2.89. The first-order chi connectivity index (χ1) is 17.8. The van der Waals surface area contributed by atoms with Crippen LogP contribution >= 0.6 is 0 Å². The Hall–Kier alpha value is -0.160. The van der Waals surface area contributed by atoms with Gasteiger partial charge in [-0.05, 0) is 12.8 Å². The lowest BCUT2D eigenvalue weighted by atomic mass is 10.1. The molecule has 2 N–H and O–H groups in total. The van der Waals surface area contributed by atoms with E-state index in [1.54, 1.807) is 0 Å². The van der Waals surface area contributed by atoms with Gasteiger partial charge < -0.3 is 19.7 Å². The maximum Gasteiger partial charge on any atom is 0.0698 e. The summed E-state index contributed by atoms with van der Waals surface area (Å²) in [7, 11) is 0. The number of unbranched alkanes of at least 4 members (excludes halogenated alkanes) is 22. The molecule has 0 saturated heterocycles. The zero-order chi connectivity index (χ0) is 26.6. The van der Waals surface area contributed by atoms with Gasteiger partial charge in [-0.1, -0.05) is 155 Å².